The van der Waals surface area contributed by atoms with Crippen molar-refractivity contribution in [3.05, 3.63) is 24.3 Å². The van der Waals surface area contributed by atoms with Crippen molar-refractivity contribution < 1.29 is 14.3 Å². The van der Waals surface area contributed by atoms with Crippen LogP contribution in [0, 0.1) is 0 Å². The lowest BCUT2D eigenvalue weighted by Crippen LogP contribution is -2.24. The number of carbonyl (C=O) groups excluding carboxylic acids is 1. The molecule has 0 bridgehead atoms. The highest BCUT2D eigenvalue weighted by Gasteiger charge is 2.14. The van der Waals surface area contributed by atoms with E-state index < -0.39 is 6.10 Å². The molecule has 0 fully saturated rings. The molecule has 1 aromatic rings. The van der Waals surface area contributed by atoms with Gasteiger partial charge in [0.1, 0.15) is 0 Å². The number of benzene rings is 1. The molecular formula is C11H13ClO3. The van der Waals surface area contributed by atoms with Crippen LogP contribution in [0.4, 0.5) is 0 Å². The number of ketones is 1. The van der Waals surface area contributed by atoms with E-state index in [4.69, 9.17) is 21.1 Å². The van der Waals surface area contributed by atoms with Crippen LogP contribution in [0.25, 0.3) is 0 Å². The summed E-state index contributed by atoms with van der Waals surface area (Å²) in [7, 11) is 1.55. The molecule has 15 heavy (non-hydrogen) atoms. The van der Waals surface area contributed by atoms with E-state index >= 15 is 0 Å². The van der Waals surface area contributed by atoms with Crippen molar-refractivity contribution >= 4 is 17.4 Å². The van der Waals surface area contributed by atoms with E-state index in [2.05, 4.69) is 0 Å². The smallest absolute Gasteiger partial charge is 0.187 e. The Kier molecular flexibility index (Phi) is 4.43. The van der Waals surface area contributed by atoms with Gasteiger partial charge in [0.2, 0.25) is 0 Å². The minimum Gasteiger partial charge on any atom is -0.493 e. The Bertz CT molecular complexity index is 338. The quantitative estimate of drug-likeness (QED) is 0.726. The van der Waals surface area contributed by atoms with Crippen LogP contribution in [0.2, 0.25) is 0 Å². The van der Waals surface area contributed by atoms with Crippen LogP contribution in [0.1, 0.15) is 6.92 Å². The molecule has 0 aliphatic rings. The number of halogens is 1. The molecule has 3 nitrogen and oxygen atoms in total. The number of alkyl halides is 1. The third-order valence-corrected chi connectivity index (χ3v) is 2.22. The van der Waals surface area contributed by atoms with Crippen LogP contribution in [-0.4, -0.2) is 24.9 Å². The molecular weight excluding hydrogens is 216 g/mol. The van der Waals surface area contributed by atoms with Gasteiger partial charge in [-0.15, -0.1) is 11.6 Å². The van der Waals surface area contributed by atoms with Gasteiger partial charge >= 0.3 is 0 Å². The molecule has 0 saturated carbocycles. The predicted octanol–water partition coefficient (Wildman–Crippen LogP) is 2.27. The predicted molar refractivity (Wildman–Crippen MR) is 58.8 cm³/mol. The lowest BCUT2D eigenvalue weighted by molar-refractivity contribution is -0.122. The number of hydrogen-bond acceptors (Lipinski definition) is 3. The topological polar surface area (TPSA) is 35.5 Å². The third kappa shape index (κ3) is 3.13. The van der Waals surface area contributed by atoms with Gasteiger partial charge in [0.25, 0.3) is 0 Å². The zero-order valence-electron chi connectivity index (χ0n) is 8.70. The van der Waals surface area contributed by atoms with Crippen LogP contribution < -0.4 is 9.47 Å². The van der Waals surface area contributed by atoms with Gasteiger partial charge in [-0.05, 0) is 19.1 Å². The third-order valence-electron chi connectivity index (χ3n) is 1.96. The van der Waals surface area contributed by atoms with Crippen molar-refractivity contribution in [1.29, 1.82) is 0 Å². The molecule has 0 radical (unpaired) electrons. The van der Waals surface area contributed by atoms with Gasteiger partial charge < -0.3 is 9.47 Å². The molecule has 1 unspecified atom stereocenters. The second-order valence-electron chi connectivity index (χ2n) is 3.01. The van der Waals surface area contributed by atoms with E-state index in [1.54, 1.807) is 26.2 Å². The molecule has 0 heterocycles. The highest BCUT2D eigenvalue weighted by atomic mass is 35.5. The molecule has 0 aromatic heterocycles. The maximum atomic E-state index is 11.2. The molecule has 0 amide bonds. The Morgan fingerprint density at radius 3 is 2.53 bits per heavy atom. The molecule has 0 N–H and O–H groups in total. The van der Waals surface area contributed by atoms with Crippen LogP contribution in [0.3, 0.4) is 0 Å². The standard InChI is InChI=1S/C11H13ClO3/c1-8(9(13)7-12)15-11-6-4-3-5-10(11)14-2/h3-6,8H,7H2,1-2H3. The number of hydrogen-bond donors (Lipinski definition) is 0. The largest absolute Gasteiger partial charge is 0.493 e. The summed E-state index contributed by atoms with van der Waals surface area (Å²) in [4.78, 5) is 11.2. The van der Waals surface area contributed by atoms with Gasteiger partial charge in [-0.3, -0.25) is 4.79 Å². The molecule has 0 saturated heterocycles. The second-order valence-corrected chi connectivity index (χ2v) is 3.28. The number of carbonyl (C=O) groups is 1. The Morgan fingerprint density at radius 2 is 2.00 bits per heavy atom. The summed E-state index contributed by atoms with van der Waals surface area (Å²) in [5.41, 5.74) is 0. The first kappa shape index (κ1) is 11.9. The average Bonchev–Trinajstić information content (AvgIpc) is 2.28. The fraction of sp³-hybridized carbons (Fsp3) is 0.364. The van der Waals surface area contributed by atoms with Crippen molar-refractivity contribution in [3.8, 4) is 11.5 Å². The normalized spacial score (nSPS) is 11.9. The van der Waals surface area contributed by atoms with E-state index in [0.29, 0.717) is 11.5 Å². The van der Waals surface area contributed by atoms with Gasteiger partial charge in [0, 0.05) is 0 Å². The highest BCUT2D eigenvalue weighted by Crippen LogP contribution is 2.26. The van der Waals surface area contributed by atoms with Crippen LogP contribution in [0.15, 0.2) is 24.3 Å². The lowest BCUT2D eigenvalue weighted by atomic mass is 10.2. The fourth-order valence-corrected chi connectivity index (χ4v) is 1.30. The van der Waals surface area contributed by atoms with Crippen molar-refractivity contribution in [2.45, 2.75) is 13.0 Å². The molecule has 4 heteroatoms. The zero-order chi connectivity index (χ0) is 11.3. The van der Waals surface area contributed by atoms with Gasteiger partial charge in [0.05, 0.1) is 13.0 Å². The molecule has 1 rings (SSSR count). The summed E-state index contributed by atoms with van der Waals surface area (Å²) >= 11 is 5.43. The zero-order valence-corrected chi connectivity index (χ0v) is 9.45. The second kappa shape index (κ2) is 5.61. The van der Waals surface area contributed by atoms with E-state index in [1.807, 2.05) is 12.1 Å². The summed E-state index contributed by atoms with van der Waals surface area (Å²) in [6, 6.07) is 7.17. The average molecular weight is 229 g/mol. The number of Topliss-reactive ketones (excluding diaryl/α,β-unsaturated/α-hetero) is 1. The first-order chi connectivity index (χ1) is 7.19. The van der Waals surface area contributed by atoms with Crippen LogP contribution in [-0.2, 0) is 4.79 Å². The summed E-state index contributed by atoms with van der Waals surface area (Å²) in [5, 5.41) is 0. The number of rotatable bonds is 5. The first-order valence-corrected chi connectivity index (χ1v) is 5.11. The lowest BCUT2D eigenvalue weighted by Gasteiger charge is -2.14. The minimum atomic E-state index is -0.557. The number of ether oxygens (including phenoxy) is 2. The van der Waals surface area contributed by atoms with Crippen molar-refractivity contribution in [1.82, 2.24) is 0 Å². The van der Waals surface area contributed by atoms with Crippen LogP contribution in [0.5, 0.6) is 11.5 Å². The van der Waals surface area contributed by atoms with Gasteiger partial charge in [0.15, 0.2) is 23.4 Å². The number of methoxy groups -OCH3 is 1. The molecule has 82 valence electrons. The van der Waals surface area contributed by atoms with E-state index in [-0.39, 0.29) is 11.7 Å². The summed E-state index contributed by atoms with van der Waals surface area (Å²) in [5.74, 6) is 0.955. The van der Waals surface area contributed by atoms with Crippen molar-refractivity contribution in [2.24, 2.45) is 0 Å². The summed E-state index contributed by atoms with van der Waals surface area (Å²) < 4.78 is 10.5. The highest BCUT2D eigenvalue weighted by molar-refractivity contribution is 6.28. The van der Waals surface area contributed by atoms with Gasteiger partial charge in [-0.25, -0.2) is 0 Å². The van der Waals surface area contributed by atoms with E-state index in [0.717, 1.165) is 0 Å². The van der Waals surface area contributed by atoms with E-state index in [9.17, 15) is 4.79 Å². The molecule has 0 aliphatic heterocycles. The van der Waals surface area contributed by atoms with Crippen molar-refractivity contribution in [3.63, 3.8) is 0 Å². The minimum absolute atomic E-state index is 0.0453. The maximum absolute atomic E-state index is 11.2. The molecule has 1 atom stereocenters. The monoisotopic (exact) mass is 228 g/mol. The Balaban J connectivity index is 2.75. The summed E-state index contributed by atoms with van der Waals surface area (Å²) in [6.45, 7) is 1.66. The fourth-order valence-electron chi connectivity index (χ4n) is 1.08. The molecule has 0 spiro atoms. The first-order valence-electron chi connectivity index (χ1n) is 4.57. The Labute approximate surface area is 93.9 Å². The molecule has 0 aliphatic carbocycles. The maximum Gasteiger partial charge on any atom is 0.187 e. The number of para-hydroxylation sites is 2. The Hall–Kier alpha value is -1.22. The van der Waals surface area contributed by atoms with Crippen molar-refractivity contribution in [2.75, 3.05) is 13.0 Å². The SMILES string of the molecule is COc1ccccc1OC(C)C(=O)CCl. The van der Waals surface area contributed by atoms with Gasteiger partial charge in [-0.2, -0.15) is 0 Å². The van der Waals surface area contributed by atoms with Crippen LogP contribution >= 0.6 is 11.6 Å². The van der Waals surface area contributed by atoms with E-state index in [1.165, 1.54) is 0 Å². The van der Waals surface area contributed by atoms with Gasteiger partial charge in [-0.1, -0.05) is 12.1 Å². The summed E-state index contributed by atoms with van der Waals surface area (Å²) in [6.07, 6.45) is -0.557. The molecule has 1 aromatic carbocycles. The Morgan fingerprint density at radius 1 is 1.40 bits per heavy atom.